The molecule has 20 heteroatoms. The number of carbonyl (C=O) groups is 9. The van der Waals surface area contributed by atoms with Crippen molar-refractivity contribution in [3.8, 4) is 0 Å². The summed E-state index contributed by atoms with van der Waals surface area (Å²) in [5.74, 6) is -10.4. The summed E-state index contributed by atoms with van der Waals surface area (Å²) in [4.78, 5) is 112. The third-order valence-electron chi connectivity index (χ3n) is 7.76. The fourth-order valence-corrected chi connectivity index (χ4v) is 5.18. The van der Waals surface area contributed by atoms with Gasteiger partial charge >= 0.3 is 23.9 Å². The Morgan fingerprint density at radius 1 is 0.700 bits per heavy atom. The van der Waals surface area contributed by atoms with E-state index in [0.717, 1.165) is 6.92 Å². The van der Waals surface area contributed by atoms with Crippen LogP contribution in [0.4, 0.5) is 0 Å². The van der Waals surface area contributed by atoms with Gasteiger partial charge in [0.1, 0.15) is 30.2 Å². The molecule has 11 N–H and O–H groups in total. The van der Waals surface area contributed by atoms with Crippen LogP contribution in [-0.4, -0.2) is 133 Å². The van der Waals surface area contributed by atoms with Crippen LogP contribution in [0.25, 0.3) is 0 Å². The Kier molecular flexibility index (Phi) is 17.8. The van der Waals surface area contributed by atoms with E-state index in [4.69, 9.17) is 15.9 Å². The van der Waals surface area contributed by atoms with Crippen LogP contribution < -0.4 is 27.0 Å². The van der Waals surface area contributed by atoms with E-state index in [-0.39, 0.29) is 18.9 Å². The van der Waals surface area contributed by atoms with Crippen LogP contribution in [0.15, 0.2) is 0 Å². The topological polar surface area (TPSA) is 332 Å². The van der Waals surface area contributed by atoms with Crippen LogP contribution in [0.3, 0.4) is 0 Å². The average molecular weight is 717 g/mol. The number of aliphatic hydroxyl groups excluding tert-OH is 1. The van der Waals surface area contributed by atoms with E-state index in [0.29, 0.717) is 12.8 Å². The van der Waals surface area contributed by atoms with Crippen molar-refractivity contribution in [2.24, 2.45) is 11.7 Å². The third kappa shape index (κ3) is 14.7. The first-order valence-electron chi connectivity index (χ1n) is 16.1. The van der Waals surface area contributed by atoms with Crippen molar-refractivity contribution in [3.63, 3.8) is 0 Å². The van der Waals surface area contributed by atoms with Gasteiger partial charge in [0.25, 0.3) is 0 Å². The first-order chi connectivity index (χ1) is 23.2. The van der Waals surface area contributed by atoms with Crippen molar-refractivity contribution < 1.29 is 68.7 Å². The van der Waals surface area contributed by atoms with Crippen LogP contribution in [0.2, 0.25) is 0 Å². The zero-order valence-corrected chi connectivity index (χ0v) is 28.1. The van der Waals surface area contributed by atoms with Gasteiger partial charge in [-0.25, -0.2) is 4.79 Å². The van der Waals surface area contributed by atoms with E-state index in [1.165, 1.54) is 4.90 Å². The quantitative estimate of drug-likeness (QED) is 0.0547. The second-order valence-corrected chi connectivity index (χ2v) is 12.5. The molecule has 0 bridgehead atoms. The Labute approximate surface area is 287 Å². The summed E-state index contributed by atoms with van der Waals surface area (Å²) in [5.41, 5.74) is 6.03. The minimum Gasteiger partial charge on any atom is -0.481 e. The number of likely N-dealkylation sites (tertiary alicyclic amines) is 1. The molecule has 50 heavy (non-hydrogen) atoms. The maximum Gasteiger partial charge on any atom is 0.326 e. The van der Waals surface area contributed by atoms with E-state index in [9.17, 15) is 58.5 Å². The first-order valence-corrected chi connectivity index (χ1v) is 16.1. The van der Waals surface area contributed by atoms with E-state index in [1.807, 2.05) is 19.2 Å². The number of aliphatic carboxylic acids is 4. The molecule has 1 fully saturated rings. The number of aliphatic hydroxyl groups is 1. The van der Waals surface area contributed by atoms with Gasteiger partial charge in [-0.05, 0) is 51.4 Å². The largest absolute Gasteiger partial charge is 0.481 e. The maximum absolute atomic E-state index is 13.4. The normalized spacial score (nSPS) is 17.7. The summed E-state index contributed by atoms with van der Waals surface area (Å²) in [6.45, 7) is 5.05. The summed E-state index contributed by atoms with van der Waals surface area (Å²) in [5, 5.41) is 55.7. The van der Waals surface area contributed by atoms with Crippen molar-refractivity contribution in [1.82, 2.24) is 26.2 Å². The lowest BCUT2D eigenvalue weighted by atomic mass is 10.0. The Bertz CT molecular complexity index is 1270. The lowest BCUT2D eigenvalue weighted by Crippen LogP contribution is -2.61. The number of amides is 5. The molecule has 1 aliphatic heterocycles. The fourth-order valence-electron chi connectivity index (χ4n) is 5.18. The number of carboxylic acid groups (broad SMARTS) is 4. The minimum atomic E-state index is -1.85. The molecular weight excluding hydrogens is 668 g/mol. The molecule has 0 aromatic heterocycles. The van der Waals surface area contributed by atoms with Gasteiger partial charge in [-0.1, -0.05) is 13.8 Å². The summed E-state index contributed by atoms with van der Waals surface area (Å²) in [6, 6.07) is -8.76. The van der Waals surface area contributed by atoms with Crippen molar-refractivity contribution in [3.05, 3.63) is 0 Å². The molecule has 0 aromatic carbocycles. The molecule has 1 heterocycles. The highest BCUT2D eigenvalue weighted by atomic mass is 16.4. The van der Waals surface area contributed by atoms with Crippen molar-refractivity contribution >= 4 is 53.4 Å². The van der Waals surface area contributed by atoms with E-state index < -0.39 is 134 Å². The number of nitrogens with zero attached hydrogens (tertiary/aromatic N) is 1. The Morgan fingerprint density at radius 3 is 1.62 bits per heavy atom. The van der Waals surface area contributed by atoms with Crippen LogP contribution in [0.5, 0.6) is 0 Å². The zero-order valence-electron chi connectivity index (χ0n) is 28.1. The van der Waals surface area contributed by atoms with Gasteiger partial charge in [0.05, 0.1) is 12.1 Å². The van der Waals surface area contributed by atoms with Crippen LogP contribution in [0.1, 0.15) is 78.6 Å². The number of nitrogens with two attached hydrogens (primary N) is 1. The SMILES string of the molecule is CC(C)CC(N)C(=O)N1CCCC1C(=O)NC(CCC(=O)O)C(=O)NC(C(=O)NC(CCC(=O)O)C(=O)NC(CCC(=O)O)C(=O)O)C(C)O. The fraction of sp³-hybridized carbons (Fsp3) is 0.700. The number of nitrogens with one attached hydrogen (secondary N) is 4. The van der Waals surface area contributed by atoms with Crippen LogP contribution in [0, 0.1) is 5.92 Å². The molecular formula is C30H48N6O14. The highest BCUT2D eigenvalue weighted by molar-refractivity contribution is 5.97. The molecule has 282 valence electrons. The molecule has 20 nitrogen and oxygen atoms in total. The summed E-state index contributed by atoms with van der Waals surface area (Å²) >= 11 is 0. The first kappa shape index (κ1) is 43.2. The number of carboxylic acids is 4. The maximum atomic E-state index is 13.4. The lowest BCUT2D eigenvalue weighted by molar-refractivity contribution is -0.144. The molecule has 5 amide bonds. The van der Waals surface area contributed by atoms with Crippen LogP contribution in [-0.2, 0) is 43.2 Å². The van der Waals surface area contributed by atoms with Gasteiger partial charge in [-0.15, -0.1) is 0 Å². The average Bonchev–Trinajstić information content (AvgIpc) is 3.50. The molecule has 0 radical (unpaired) electrons. The van der Waals surface area contributed by atoms with Gasteiger partial charge < -0.3 is 57.4 Å². The molecule has 0 aromatic rings. The van der Waals surface area contributed by atoms with E-state index in [2.05, 4.69) is 16.0 Å². The van der Waals surface area contributed by atoms with Gasteiger partial charge in [0.2, 0.25) is 29.5 Å². The zero-order chi connectivity index (χ0) is 38.3. The predicted molar refractivity (Wildman–Crippen MR) is 170 cm³/mol. The predicted octanol–water partition coefficient (Wildman–Crippen LogP) is -2.65. The molecule has 0 saturated carbocycles. The molecule has 1 saturated heterocycles. The number of carbonyl (C=O) groups excluding carboxylic acids is 5. The monoisotopic (exact) mass is 716 g/mol. The van der Waals surface area contributed by atoms with E-state index in [1.54, 1.807) is 0 Å². The Balaban J connectivity index is 3.19. The second-order valence-electron chi connectivity index (χ2n) is 12.5. The summed E-state index contributed by atoms with van der Waals surface area (Å²) in [6.07, 6.45) is -4.15. The van der Waals surface area contributed by atoms with Crippen LogP contribution >= 0.6 is 0 Å². The van der Waals surface area contributed by atoms with Gasteiger partial charge in [-0.3, -0.25) is 38.4 Å². The molecule has 0 spiro atoms. The Morgan fingerprint density at radius 2 is 1.16 bits per heavy atom. The molecule has 0 aliphatic carbocycles. The molecule has 1 aliphatic rings. The summed E-state index contributed by atoms with van der Waals surface area (Å²) < 4.78 is 0. The van der Waals surface area contributed by atoms with Gasteiger partial charge in [-0.2, -0.15) is 0 Å². The smallest absolute Gasteiger partial charge is 0.326 e. The molecule has 7 atom stereocenters. The minimum absolute atomic E-state index is 0.0966. The number of hydrogen-bond acceptors (Lipinski definition) is 11. The number of rotatable bonds is 22. The van der Waals surface area contributed by atoms with Crippen molar-refractivity contribution in [2.45, 2.75) is 121 Å². The molecule has 7 unspecified atom stereocenters. The highest BCUT2D eigenvalue weighted by Crippen LogP contribution is 2.20. The Hall–Kier alpha value is -4.85. The lowest BCUT2D eigenvalue weighted by Gasteiger charge is -2.30. The highest BCUT2D eigenvalue weighted by Gasteiger charge is 2.39. The number of hydrogen-bond donors (Lipinski definition) is 10. The van der Waals surface area contributed by atoms with Gasteiger partial charge in [0.15, 0.2) is 0 Å². The van der Waals surface area contributed by atoms with Crippen molar-refractivity contribution in [1.29, 1.82) is 0 Å². The van der Waals surface area contributed by atoms with Crippen molar-refractivity contribution in [2.75, 3.05) is 6.54 Å². The molecule has 1 rings (SSSR count). The van der Waals surface area contributed by atoms with E-state index >= 15 is 0 Å². The van der Waals surface area contributed by atoms with Gasteiger partial charge in [0, 0.05) is 25.8 Å². The standard InChI is InChI=1S/C30H48N6O14/c1-14(2)13-16(31)29(48)36-12-4-5-20(36)27(46)32-18(7-10-22(40)41)26(45)35-24(15(3)37)28(47)33-17(6-9-21(38)39)25(44)34-19(30(49)50)8-11-23(42)43/h14-20,24,37H,4-13,31H2,1-3H3,(H,32,46)(H,33,47)(H,34,44)(H,35,45)(H,38,39)(H,40,41)(H,42,43)(H,49,50). The third-order valence-corrected chi connectivity index (χ3v) is 7.76. The second kappa shape index (κ2) is 20.6. The summed E-state index contributed by atoms with van der Waals surface area (Å²) in [7, 11) is 0.